The van der Waals surface area contributed by atoms with Gasteiger partial charge >= 0.3 is 0 Å². The van der Waals surface area contributed by atoms with Crippen molar-refractivity contribution in [3.8, 4) is 11.4 Å². The Morgan fingerprint density at radius 3 is 2.38 bits per heavy atom. The van der Waals surface area contributed by atoms with Crippen LogP contribution in [-0.4, -0.2) is 10.1 Å². The largest absolute Gasteiger partial charge is 0.338 e. The molecular formula is C18H18N2O. The molecule has 2 aromatic carbocycles. The van der Waals surface area contributed by atoms with Gasteiger partial charge in [-0.1, -0.05) is 72.2 Å². The summed E-state index contributed by atoms with van der Waals surface area (Å²) < 4.78 is 5.50. The minimum atomic E-state index is 0.151. The zero-order valence-electron chi connectivity index (χ0n) is 12.3. The van der Waals surface area contributed by atoms with Crippen LogP contribution in [0.15, 0.2) is 59.1 Å². The normalized spacial score (nSPS) is 12.3. The van der Waals surface area contributed by atoms with Gasteiger partial charge in [-0.25, -0.2) is 0 Å². The number of hydrogen-bond donors (Lipinski definition) is 0. The van der Waals surface area contributed by atoms with E-state index in [2.05, 4.69) is 48.3 Å². The lowest BCUT2D eigenvalue weighted by Gasteiger charge is -2.09. The molecular weight excluding hydrogens is 260 g/mol. The van der Waals surface area contributed by atoms with E-state index in [1.807, 2.05) is 30.3 Å². The van der Waals surface area contributed by atoms with E-state index in [1.54, 1.807) is 0 Å². The summed E-state index contributed by atoms with van der Waals surface area (Å²) >= 11 is 0. The second-order valence-corrected chi connectivity index (χ2v) is 5.19. The summed E-state index contributed by atoms with van der Waals surface area (Å²) in [5.41, 5.74) is 3.41. The SMILES string of the molecule is CC[C@@H](c1ccccc1)c1nc(-c2ccc(C)cc2)no1. The summed E-state index contributed by atoms with van der Waals surface area (Å²) in [6.45, 7) is 4.20. The summed E-state index contributed by atoms with van der Waals surface area (Å²) in [5, 5.41) is 4.12. The van der Waals surface area contributed by atoms with E-state index in [-0.39, 0.29) is 5.92 Å². The molecule has 3 aromatic rings. The lowest BCUT2D eigenvalue weighted by molar-refractivity contribution is 0.363. The maximum absolute atomic E-state index is 5.50. The molecule has 1 heterocycles. The number of hydrogen-bond acceptors (Lipinski definition) is 3. The van der Waals surface area contributed by atoms with Gasteiger partial charge in [-0.3, -0.25) is 0 Å². The Kier molecular flexibility index (Phi) is 3.82. The molecule has 3 rings (SSSR count). The number of aromatic nitrogens is 2. The van der Waals surface area contributed by atoms with Gasteiger partial charge in [-0.15, -0.1) is 0 Å². The predicted molar refractivity (Wildman–Crippen MR) is 83.0 cm³/mol. The second-order valence-electron chi connectivity index (χ2n) is 5.19. The standard InChI is InChI=1S/C18H18N2O/c1-3-16(14-7-5-4-6-8-14)18-19-17(20-21-18)15-11-9-13(2)10-12-15/h4-12,16H,3H2,1-2H3/t16-/m0/s1. The van der Waals surface area contributed by atoms with E-state index >= 15 is 0 Å². The Morgan fingerprint density at radius 2 is 1.71 bits per heavy atom. The Labute approximate surface area is 124 Å². The minimum Gasteiger partial charge on any atom is -0.338 e. The van der Waals surface area contributed by atoms with Gasteiger partial charge < -0.3 is 4.52 Å². The smallest absolute Gasteiger partial charge is 0.234 e. The average molecular weight is 278 g/mol. The summed E-state index contributed by atoms with van der Waals surface area (Å²) in [4.78, 5) is 4.58. The Balaban J connectivity index is 1.92. The molecule has 1 atom stereocenters. The van der Waals surface area contributed by atoms with Gasteiger partial charge in [0.05, 0.1) is 5.92 Å². The topological polar surface area (TPSA) is 38.9 Å². The Morgan fingerprint density at radius 1 is 1.00 bits per heavy atom. The van der Waals surface area contributed by atoms with Crippen molar-refractivity contribution in [2.75, 3.05) is 0 Å². The fraction of sp³-hybridized carbons (Fsp3) is 0.222. The van der Waals surface area contributed by atoms with Gasteiger partial charge in [0, 0.05) is 5.56 Å². The molecule has 3 nitrogen and oxygen atoms in total. The Hall–Kier alpha value is -2.42. The highest BCUT2D eigenvalue weighted by Crippen LogP contribution is 2.28. The molecule has 0 saturated heterocycles. The van der Waals surface area contributed by atoms with Gasteiger partial charge in [-0.05, 0) is 18.9 Å². The number of rotatable bonds is 4. The quantitative estimate of drug-likeness (QED) is 0.700. The van der Waals surface area contributed by atoms with Crippen LogP contribution < -0.4 is 0 Å². The molecule has 0 unspecified atom stereocenters. The molecule has 3 heteroatoms. The van der Waals surface area contributed by atoms with Crippen molar-refractivity contribution in [2.45, 2.75) is 26.2 Å². The summed E-state index contributed by atoms with van der Waals surface area (Å²) in [7, 11) is 0. The summed E-state index contributed by atoms with van der Waals surface area (Å²) in [6.07, 6.45) is 0.930. The monoisotopic (exact) mass is 278 g/mol. The highest BCUT2D eigenvalue weighted by molar-refractivity contribution is 5.54. The first-order valence-corrected chi connectivity index (χ1v) is 7.23. The van der Waals surface area contributed by atoms with Crippen LogP contribution in [0.5, 0.6) is 0 Å². The van der Waals surface area contributed by atoms with Crippen LogP contribution >= 0.6 is 0 Å². The van der Waals surface area contributed by atoms with Gasteiger partial charge in [-0.2, -0.15) is 4.98 Å². The lowest BCUT2D eigenvalue weighted by atomic mass is 9.96. The van der Waals surface area contributed by atoms with Crippen LogP contribution in [0, 0.1) is 6.92 Å². The van der Waals surface area contributed by atoms with Gasteiger partial charge in [0.1, 0.15) is 0 Å². The van der Waals surface area contributed by atoms with Gasteiger partial charge in [0.25, 0.3) is 0 Å². The van der Waals surface area contributed by atoms with Crippen molar-refractivity contribution >= 4 is 0 Å². The van der Waals surface area contributed by atoms with Crippen LogP contribution in [-0.2, 0) is 0 Å². The van der Waals surface area contributed by atoms with Crippen LogP contribution in [0.3, 0.4) is 0 Å². The van der Waals surface area contributed by atoms with Crippen molar-refractivity contribution < 1.29 is 4.52 Å². The number of nitrogens with zero attached hydrogens (tertiary/aromatic N) is 2. The van der Waals surface area contributed by atoms with Crippen LogP contribution in [0.25, 0.3) is 11.4 Å². The first-order valence-electron chi connectivity index (χ1n) is 7.23. The molecule has 0 saturated carbocycles. The predicted octanol–water partition coefficient (Wildman–Crippen LogP) is 4.59. The lowest BCUT2D eigenvalue weighted by Crippen LogP contribution is -1.99. The minimum absolute atomic E-state index is 0.151. The highest BCUT2D eigenvalue weighted by Gasteiger charge is 2.19. The highest BCUT2D eigenvalue weighted by atomic mass is 16.5. The Bertz CT molecular complexity index is 702. The van der Waals surface area contributed by atoms with Gasteiger partial charge in [0.2, 0.25) is 11.7 Å². The van der Waals surface area contributed by atoms with E-state index in [1.165, 1.54) is 11.1 Å². The van der Waals surface area contributed by atoms with Crippen molar-refractivity contribution in [3.63, 3.8) is 0 Å². The summed E-state index contributed by atoms with van der Waals surface area (Å²) in [5.74, 6) is 1.48. The molecule has 1 aromatic heterocycles. The van der Waals surface area contributed by atoms with Crippen molar-refractivity contribution in [1.29, 1.82) is 0 Å². The molecule has 106 valence electrons. The molecule has 0 radical (unpaired) electrons. The first kappa shape index (κ1) is 13.6. The number of benzene rings is 2. The third kappa shape index (κ3) is 2.87. The van der Waals surface area contributed by atoms with Crippen LogP contribution in [0.4, 0.5) is 0 Å². The molecule has 0 spiro atoms. The summed E-state index contributed by atoms with van der Waals surface area (Å²) in [6, 6.07) is 18.4. The maximum Gasteiger partial charge on any atom is 0.234 e. The molecule has 0 N–H and O–H groups in total. The first-order chi connectivity index (χ1) is 10.3. The van der Waals surface area contributed by atoms with E-state index in [9.17, 15) is 0 Å². The van der Waals surface area contributed by atoms with E-state index in [0.717, 1.165) is 12.0 Å². The zero-order chi connectivity index (χ0) is 14.7. The average Bonchev–Trinajstić information content (AvgIpc) is 2.99. The van der Waals surface area contributed by atoms with Crippen LogP contribution in [0.1, 0.15) is 36.3 Å². The fourth-order valence-corrected chi connectivity index (χ4v) is 2.43. The molecule has 0 aliphatic heterocycles. The zero-order valence-corrected chi connectivity index (χ0v) is 12.3. The molecule has 0 amide bonds. The maximum atomic E-state index is 5.50. The van der Waals surface area contributed by atoms with E-state index in [0.29, 0.717) is 11.7 Å². The second kappa shape index (κ2) is 5.92. The third-order valence-corrected chi connectivity index (χ3v) is 3.66. The van der Waals surface area contributed by atoms with Crippen molar-refractivity contribution in [3.05, 3.63) is 71.6 Å². The van der Waals surface area contributed by atoms with Crippen molar-refractivity contribution in [1.82, 2.24) is 10.1 Å². The third-order valence-electron chi connectivity index (χ3n) is 3.66. The molecule has 0 bridgehead atoms. The van der Waals surface area contributed by atoms with E-state index < -0.39 is 0 Å². The molecule has 0 aliphatic carbocycles. The molecule has 0 aliphatic rings. The molecule has 0 fully saturated rings. The van der Waals surface area contributed by atoms with Crippen LogP contribution in [0.2, 0.25) is 0 Å². The van der Waals surface area contributed by atoms with Crippen molar-refractivity contribution in [2.24, 2.45) is 0 Å². The molecule has 21 heavy (non-hydrogen) atoms. The number of aryl methyl sites for hydroxylation is 1. The fourth-order valence-electron chi connectivity index (χ4n) is 2.43. The van der Waals surface area contributed by atoms with E-state index in [4.69, 9.17) is 4.52 Å². The van der Waals surface area contributed by atoms with Gasteiger partial charge in [0.15, 0.2) is 0 Å².